The molecule has 0 atom stereocenters. The van der Waals surface area contributed by atoms with Crippen LogP contribution in [0.1, 0.15) is 18.4 Å². The van der Waals surface area contributed by atoms with Gasteiger partial charge in [0.25, 0.3) is 0 Å². The molecule has 0 spiro atoms. The van der Waals surface area contributed by atoms with Crippen LogP contribution in [-0.2, 0) is 0 Å². The van der Waals surface area contributed by atoms with E-state index in [1.165, 1.54) is 40.8 Å². The lowest BCUT2D eigenvalue weighted by molar-refractivity contribution is 0.390. The summed E-state index contributed by atoms with van der Waals surface area (Å²) in [5.41, 5.74) is 2.61. The van der Waals surface area contributed by atoms with Crippen molar-refractivity contribution in [2.75, 3.05) is 25.0 Å². The van der Waals surface area contributed by atoms with Crippen LogP contribution in [0.5, 0.6) is 0 Å². The zero-order chi connectivity index (χ0) is 11.4. The molecule has 1 aliphatic rings. The quantitative estimate of drug-likeness (QED) is 0.801. The van der Waals surface area contributed by atoms with Gasteiger partial charge in [-0.2, -0.15) is 0 Å². The van der Waals surface area contributed by atoms with E-state index in [2.05, 4.69) is 58.3 Å². The molecule has 96 valence electrons. The van der Waals surface area contributed by atoms with Crippen LogP contribution in [0.3, 0.4) is 0 Å². The monoisotopic (exact) mass is 366 g/mol. The fraction of sp³-hybridized carbons (Fsp3) is 0.538. The predicted molar refractivity (Wildman–Crippen MR) is 85.2 cm³/mol. The molecule has 2 nitrogen and oxygen atoms in total. The highest BCUT2D eigenvalue weighted by molar-refractivity contribution is 14.1. The first-order valence-electron chi connectivity index (χ1n) is 5.96. The molecule has 1 aliphatic heterocycles. The van der Waals surface area contributed by atoms with E-state index in [1.807, 2.05) is 0 Å². The van der Waals surface area contributed by atoms with Crippen molar-refractivity contribution in [1.29, 1.82) is 0 Å². The Morgan fingerprint density at radius 3 is 2.71 bits per heavy atom. The van der Waals surface area contributed by atoms with Gasteiger partial charge < -0.3 is 10.6 Å². The fourth-order valence-corrected chi connectivity index (χ4v) is 2.57. The van der Waals surface area contributed by atoms with Crippen LogP contribution in [0.15, 0.2) is 18.2 Å². The summed E-state index contributed by atoms with van der Waals surface area (Å²) >= 11 is 2.39. The lowest BCUT2D eigenvalue weighted by atomic mass is 9.98. The number of anilines is 1. The molecule has 0 amide bonds. The highest BCUT2D eigenvalue weighted by Crippen LogP contribution is 2.18. The third-order valence-electron chi connectivity index (χ3n) is 3.23. The van der Waals surface area contributed by atoms with E-state index in [-0.39, 0.29) is 12.4 Å². The molecule has 4 heteroatoms. The van der Waals surface area contributed by atoms with Gasteiger partial charge in [0, 0.05) is 15.8 Å². The van der Waals surface area contributed by atoms with E-state index in [9.17, 15) is 0 Å². The van der Waals surface area contributed by atoms with E-state index in [4.69, 9.17) is 0 Å². The second-order valence-corrected chi connectivity index (χ2v) is 5.70. The van der Waals surface area contributed by atoms with Crippen LogP contribution in [0.2, 0.25) is 0 Å². The highest BCUT2D eigenvalue weighted by atomic mass is 127. The van der Waals surface area contributed by atoms with Crippen molar-refractivity contribution in [1.82, 2.24) is 5.32 Å². The Balaban J connectivity index is 0.00000144. The van der Waals surface area contributed by atoms with Crippen LogP contribution in [0.4, 0.5) is 5.69 Å². The van der Waals surface area contributed by atoms with Crippen LogP contribution in [0.25, 0.3) is 0 Å². The summed E-state index contributed by atoms with van der Waals surface area (Å²) in [5.74, 6) is 0.834. The molecule has 17 heavy (non-hydrogen) atoms. The fourth-order valence-electron chi connectivity index (χ4n) is 2.05. The maximum atomic E-state index is 3.55. The molecule has 1 fully saturated rings. The third kappa shape index (κ3) is 4.64. The molecule has 1 aromatic carbocycles. The zero-order valence-corrected chi connectivity index (χ0v) is 13.1. The standard InChI is InChI=1S/C13H19IN2.ClH/c1-10-2-3-12(8-13(10)14)16-9-11-4-6-15-7-5-11;/h2-3,8,11,15-16H,4-7,9H2,1H3;1H. The molecular formula is C13H20ClIN2. The second-order valence-electron chi connectivity index (χ2n) is 4.54. The van der Waals surface area contributed by atoms with Gasteiger partial charge >= 0.3 is 0 Å². The molecule has 2 rings (SSSR count). The molecule has 0 bridgehead atoms. The largest absolute Gasteiger partial charge is 0.385 e. The Hall–Kier alpha value is -0.0000000000000000555. The summed E-state index contributed by atoms with van der Waals surface area (Å²) in [7, 11) is 0. The van der Waals surface area contributed by atoms with Crippen LogP contribution < -0.4 is 10.6 Å². The van der Waals surface area contributed by atoms with Gasteiger partial charge in [-0.25, -0.2) is 0 Å². The van der Waals surface area contributed by atoms with Gasteiger partial charge in [-0.05, 0) is 79.1 Å². The van der Waals surface area contributed by atoms with Gasteiger partial charge in [-0.1, -0.05) is 6.07 Å². The summed E-state index contributed by atoms with van der Waals surface area (Å²) in [6.45, 7) is 5.62. The Labute approximate surface area is 123 Å². The number of hydrogen-bond acceptors (Lipinski definition) is 2. The zero-order valence-electron chi connectivity index (χ0n) is 10.1. The molecule has 0 saturated carbocycles. The average Bonchev–Trinajstić information content (AvgIpc) is 2.32. The third-order valence-corrected chi connectivity index (χ3v) is 4.39. The Morgan fingerprint density at radius 1 is 1.35 bits per heavy atom. The average molecular weight is 367 g/mol. The van der Waals surface area contributed by atoms with Gasteiger partial charge in [0.2, 0.25) is 0 Å². The topological polar surface area (TPSA) is 24.1 Å². The summed E-state index contributed by atoms with van der Waals surface area (Å²) in [4.78, 5) is 0. The first-order chi connectivity index (χ1) is 7.75. The summed E-state index contributed by atoms with van der Waals surface area (Å²) in [5, 5.41) is 6.95. The van der Waals surface area contributed by atoms with Crippen molar-refractivity contribution in [3.05, 3.63) is 27.3 Å². The molecule has 0 radical (unpaired) electrons. The summed E-state index contributed by atoms with van der Waals surface area (Å²) in [6.07, 6.45) is 2.60. The van der Waals surface area contributed by atoms with Crippen molar-refractivity contribution < 1.29 is 0 Å². The molecule has 0 aromatic heterocycles. The predicted octanol–water partition coefficient (Wildman–Crippen LogP) is 3.43. The Kier molecular flexibility index (Phi) is 6.59. The van der Waals surface area contributed by atoms with Crippen molar-refractivity contribution >= 4 is 40.7 Å². The molecule has 2 N–H and O–H groups in total. The minimum absolute atomic E-state index is 0. The van der Waals surface area contributed by atoms with Crippen LogP contribution in [0, 0.1) is 16.4 Å². The maximum absolute atomic E-state index is 3.55. The molecular weight excluding hydrogens is 347 g/mol. The number of rotatable bonds is 3. The van der Waals surface area contributed by atoms with E-state index in [0.29, 0.717) is 0 Å². The first kappa shape index (κ1) is 15.1. The van der Waals surface area contributed by atoms with Crippen LogP contribution >= 0.6 is 35.0 Å². The van der Waals surface area contributed by atoms with Gasteiger partial charge in [-0.3, -0.25) is 0 Å². The normalized spacial score (nSPS) is 16.4. The maximum Gasteiger partial charge on any atom is 0.0351 e. The summed E-state index contributed by atoms with van der Waals surface area (Å²) < 4.78 is 1.34. The minimum Gasteiger partial charge on any atom is -0.385 e. The van der Waals surface area contributed by atoms with Gasteiger partial charge in [-0.15, -0.1) is 12.4 Å². The number of hydrogen-bond donors (Lipinski definition) is 2. The van der Waals surface area contributed by atoms with Gasteiger partial charge in [0.15, 0.2) is 0 Å². The molecule has 0 unspecified atom stereocenters. The van der Waals surface area contributed by atoms with Gasteiger partial charge in [0.05, 0.1) is 0 Å². The second kappa shape index (κ2) is 7.44. The molecule has 0 aliphatic carbocycles. The lowest BCUT2D eigenvalue weighted by Gasteiger charge is -2.23. The van der Waals surface area contributed by atoms with Crippen LogP contribution in [-0.4, -0.2) is 19.6 Å². The number of halogens is 2. The molecule has 1 heterocycles. The highest BCUT2D eigenvalue weighted by Gasteiger charge is 2.12. The van der Waals surface area contributed by atoms with Crippen molar-refractivity contribution in [2.45, 2.75) is 19.8 Å². The molecule has 1 saturated heterocycles. The smallest absolute Gasteiger partial charge is 0.0351 e. The minimum atomic E-state index is 0. The van der Waals surface area contributed by atoms with Gasteiger partial charge in [0.1, 0.15) is 0 Å². The van der Waals surface area contributed by atoms with Crippen molar-refractivity contribution in [2.24, 2.45) is 5.92 Å². The van der Waals surface area contributed by atoms with E-state index >= 15 is 0 Å². The lowest BCUT2D eigenvalue weighted by Crippen LogP contribution is -2.31. The van der Waals surface area contributed by atoms with Crippen molar-refractivity contribution in [3.63, 3.8) is 0 Å². The number of piperidine rings is 1. The first-order valence-corrected chi connectivity index (χ1v) is 7.04. The Morgan fingerprint density at radius 2 is 2.06 bits per heavy atom. The van der Waals surface area contributed by atoms with E-state index in [0.717, 1.165) is 12.5 Å². The summed E-state index contributed by atoms with van der Waals surface area (Å²) in [6, 6.07) is 6.60. The Bertz CT molecular complexity index is 351. The van der Waals surface area contributed by atoms with E-state index < -0.39 is 0 Å². The number of benzene rings is 1. The van der Waals surface area contributed by atoms with E-state index in [1.54, 1.807) is 0 Å². The molecule has 1 aromatic rings. The number of nitrogens with one attached hydrogen (secondary N) is 2. The van der Waals surface area contributed by atoms with Crippen molar-refractivity contribution in [3.8, 4) is 0 Å². The number of aryl methyl sites for hydroxylation is 1. The SMILES string of the molecule is Cc1ccc(NCC2CCNCC2)cc1I.Cl.